The summed E-state index contributed by atoms with van der Waals surface area (Å²) < 4.78 is 31.4. The predicted molar refractivity (Wildman–Crippen MR) is 64.0 cm³/mol. The molecule has 1 aromatic heterocycles. The Bertz CT molecular complexity index is 469. The molecule has 0 spiro atoms. The van der Waals surface area contributed by atoms with E-state index < -0.39 is 16.3 Å². The Morgan fingerprint density at radius 1 is 1.56 bits per heavy atom. The molecule has 0 radical (unpaired) electrons. The van der Waals surface area contributed by atoms with Crippen LogP contribution in [0.5, 0.6) is 0 Å². The third-order valence-electron chi connectivity index (χ3n) is 1.77. The molecule has 0 aliphatic rings. The third-order valence-corrected chi connectivity index (χ3v) is 2.79. The second-order valence-electron chi connectivity index (χ2n) is 3.74. The van der Waals surface area contributed by atoms with Gasteiger partial charge in [0.1, 0.15) is 5.82 Å². The second-order valence-corrected chi connectivity index (χ2v) is 5.24. The normalized spacial score (nSPS) is 11.5. The van der Waals surface area contributed by atoms with E-state index >= 15 is 0 Å². The van der Waals surface area contributed by atoms with Crippen molar-refractivity contribution in [3.8, 4) is 0 Å². The van der Waals surface area contributed by atoms with Crippen LogP contribution in [0.4, 0.5) is 4.79 Å². The SMILES string of the molecule is CC(C)OC(=O)NS(=O)(=O)NCCc1ncc[nH]1. The molecule has 0 aliphatic heterocycles. The fourth-order valence-electron chi connectivity index (χ4n) is 1.12. The number of carbonyl (C=O) groups is 1. The predicted octanol–water partition coefficient (Wildman–Crippen LogP) is -0.0788. The number of aromatic nitrogens is 2. The zero-order chi connectivity index (χ0) is 13.6. The topological polar surface area (TPSA) is 113 Å². The van der Waals surface area contributed by atoms with Crippen LogP contribution in [0.2, 0.25) is 0 Å². The summed E-state index contributed by atoms with van der Waals surface area (Å²) in [5.74, 6) is 0.655. The zero-order valence-corrected chi connectivity index (χ0v) is 11.0. The first kappa shape index (κ1) is 14.5. The van der Waals surface area contributed by atoms with Gasteiger partial charge in [0, 0.05) is 25.4 Å². The van der Waals surface area contributed by atoms with Crippen LogP contribution in [0, 0.1) is 0 Å². The Kier molecular flexibility index (Phi) is 5.10. The Labute approximate surface area is 105 Å². The van der Waals surface area contributed by atoms with Gasteiger partial charge in [-0.2, -0.15) is 13.1 Å². The molecule has 0 aromatic carbocycles. The first-order valence-corrected chi connectivity index (χ1v) is 6.83. The number of nitrogens with zero attached hydrogens (tertiary/aromatic N) is 1. The Hall–Kier alpha value is -1.61. The maximum atomic E-state index is 11.4. The summed E-state index contributed by atoms with van der Waals surface area (Å²) in [5, 5.41) is 0. The van der Waals surface area contributed by atoms with E-state index in [1.807, 2.05) is 0 Å². The van der Waals surface area contributed by atoms with Crippen LogP contribution >= 0.6 is 0 Å². The van der Waals surface area contributed by atoms with Crippen LogP contribution in [0.1, 0.15) is 19.7 Å². The van der Waals surface area contributed by atoms with Crippen molar-refractivity contribution >= 4 is 16.3 Å². The van der Waals surface area contributed by atoms with Gasteiger partial charge in [0.15, 0.2) is 0 Å². The number of hydrogen-bond donors (Lipinski definition) is 3. The molecule has 1 aromatic rings. The molecule has 1 rings (SSSR count). The molecular weight excluding hydrogens is 260 g/mol. The van der Waals surface area contributed by atoms with E-state index in [0.717, 1.165) is 0 Å². The molecule has 18 heavy (non-hydrogen) atoms. The molecule has 0 atom stereocenters. The largest absolute Gasteiger partial charge is 0.446 e. The van der Waals surface area contributed by atoms with Gasteiger partial charge >= 0.3 is 16.3 Å². The van der Waals surface area contributed by atoms with Crippen molar-refractivity contribution in [1.82, 2.24) is 19.4 Å². The summed E-state index contributed by atoms with van der Waals surface area (Å²) in [7, 11) is -3.90. The lowest BCUT2D eigenvalue weighted by Gasteiger charge is -2.10. The van der Waals surface area contributed by atoms with Crippen LogP contribution in [0.15, 0.2) is 12.4 Å². The van der Waals surface area contributed by atoms with Gasteiger partial charge in [-0.15, -0.1) is 0 Å². The molecule has 9 heteroatoms. The monoisotopic (exact) mass is 276 g/mol. The second kappa shape index (κ2) is 6.36. The van der Waals surface area contributed by atoms with Crippen molar-refractivity contribution in [1.29, 1.82) is 0 Å². The molecule has 0 fully saturated rings. The number of imidazole rings is 1. The molecule has 3 N–H and O–H groups in total. The average molecular weight is 276 g/mol. The van der Waals surface area contributed by atoms with E-state index in [2.05, 4.69) is 19.4 Å². The maximum Gasteiger partial charge on any atom is 0.422 e. The fourth-order valence-corrected chi connectivity index (χ4v) is 1.83. The van der Waals surface area contributed by atoms with Crippen LogP contribution < -0.4 is 9.44 Å². The minimum Gasteiger partial charge on any atom is -0.446 e. The van der Waals surface area contributed by atoms with E-state index in [-0.39, 0.29) is 12.6 Å². The van der Waals surface area contributed by atoms with Crippen LogP contribution in [-0.4, -0.2) is 37.1 Å². The van der Waals surface area contributed by atoms with Gasteiger partial charge in [0.05, 0.1) is 6.10 Å². The van der Waals surface area contributed by atoms with Crippen molar-refractivity contribution in [2.45, 2.75) is 26.4 Å². The van der Waals surface area contributed by atoms with E-state index in [1.165, 1.54) is 0 Å². The molecule has 0 unspecified atom stereocenters. The third kappa shape index (κ3) is 5.64. The molecule has 0 saturated carbocycles. The van der Waals surface area contributed by atoms with Crippen molar-refractivity contribution in [3.05, 3.63) is 18.2 Å². The smallest absolute Gasteiger partial charge is 0.422 e. The number of H-pyrrole nitrogens is 1. The zero-order valence-electron chi connectivity index (χ0n) is 10.1. The van der Waals surface area contributed by atoms with Crippen molar-refractivity contribution in [2.75, 3.05) is 6.54 Å². The minimum absolute atomic E-state index is 0.123. The number of amides is 1. The molecule has 1 heterocycles. The highest BCUT2D eigenvalue weighted by atomic mass is 32.2. The molecule has 102 valence electrons. The Balaban J connectivity index is 2.33. The highest BCUT2D eigenvalue weighted by Gasteiger charge is 2.15. The van der Waals surface area contributed by atoms with Crippen LogP contribution in [0.25, 0.3) is 0 Å². The van der Waals surface area contributed by atoms with Gasteiger partial charge in [0.25, 0.3) is 0 Å². The first-order valence-electron chi connectivity index (χ1n) is 5.35. The quantitative estimate of drug-likeness (QED) is 0.672. The lowest BCUT2D eigenvalue weighted by atomic mass is 10.4. The maximum absolute atomic E-state index is 11.4. The van der Waals surface area contributed by atoms with E-state index in [4.69, 9.17) is 0 Å². The van der Waals surface area contributed by atoms with Gasteiger partial charge in [0.2, 0.25) is 0 Å². The van der Waals surface area contributed by atoms with Crippen LogP contribution in [-0.2, 0) is 21.4 Å². The summed E-state index contributed by atoms with van der Waals surface area (Å²) in [4.78, 5) is 17.9. The lowest BCUT2D eigenvalue weighted by molar-refractivity contribution is 0.121. The molecular formula is C9H16N4O4S. The molecule has 0 bridgehead atoms. The summed E-state index contributed by atoms with van der Waals surface area (Å²) >= 11 is 0. The Morgan fingerprint density at radius 3 is 2.83 bits per heavy atom. The number of aromatic amines is 1. The Morgan fingerprint density at radius 2 is 2.28 bits per heavy atom. The lowest BCUT2D eigenvalue weighted by Crippen LogP contribution is -2.41. The summed E-state index contributed by atoms with van der Waals surface area (Å²) in [5.41, 5.74) is 0. The number of ether oxygens (including phenoxy) is 1. The molecule has 0 saturated heterocycles. The van der Waals surface area contributed by atoms with Crippen molar-refractivity contribution < 1.29 is 17.9 Å². The summed E-state index contributed by atoms with van der Waals surface area (Å²) in [6.07, 6.45) is 2.22. The van der Waals surface area contributed by atoms with E-state index in [9.17, 15) is 13.2 Å². The highest BCUT2D eigenvalue weighted by Crippen LogP contribution is 1.91. The van der Waals surface area contributed by atoms with Crippen molar-refractivity contribution in [2.24, 2.45) is 0 Å². The summed E-state index contributed by atoms with van der Waals surface area (Å²) in [6.45, 7) is 3.37. The van der Waals surface area contributed by atoms with Gasteiger partial charge < -0.3 is 9.72 Å². The standard InChI is InChI=1S/C9H16N4O4S/c1-7(2)17-9(14)13-18(15,16)12-4-3-8-10-5-6-11-8/h5-7,12H,3-4H2,1-2H3,(H,10,11)(H,13,14). The molecule has 0 aliphatic carbocycles. The number of rotatable bonds is 6. The molecule has 1 amide bonds. The van der Waals surface area contributed by atoms with Crippen LogP contribution in [0.3, 0.4) is 0 Å². The van der Waals surface area contributed by atoms with E-state index in [0.29, 0.717) is 12.2 Å². The summed E-state index contributed by atoms with van der Waals surface area (Å²) in [6, 6.07) is 0. The van der Waals surface area contributed by atoms with E-state index in [1.54, 1.807) is 31.0 Å². The average Bonchev–Trinajstić information content (AvgIpc) is 2.67. The van der Waals surface area contributed by atoms with Gasteiger partial charge in [-0.3, -0.25) is 0 Å². The number of carbonyl (C=O) groups excluding carboxylic acids is 1. The number of hydrogen-bond acceptors (Lipinski definition) is 5. The fraction of sp³-hybridized carbons (Fsp3) is 0.556. The first-order chi connectivity index (χ1) is 8.39. The minimum atomic E-state index is -3.90. The highest BCUT2D eigenvalue weighted by molar-refractivity contribution is 7.88. The molecule has 8 nitrogen and oxygen atoms in total. The van der Waals surface area contributed by atoms with Gasteiger partial charge in [-0.05, 0) is 13.8 Å². The van der Waals surface area contributed by atoms with Gasteiger partial charge in [-0.1, -0.05) is 0 Å². The number of nitrogens with one attached hydrogen (secondary N) is 3. The van der Waals surface area contributed by atoms with Gasteiger partial charge in [-0.25, -0.2) is 14.5 Å². The van der Waals surface area contributed by atoms with Crippen molar-refractivity contribution in [3.63, 3.8) is 0 Å².